The summed E-state index contributed by atoms with van der Waals surface area (Å²) in [4.78, 5) is 31.8. The Labute approximate surface area is 204 Å². The van der Waals surface area contributed by atoms with Crippen molar-refractivity contribution in [2.24, 2.45) is 16.5 Å². The Morgan fingerprint density at radius 1 is 0.857 bits per heavy atom. The van der Waals surface area contributed by atoms with Gasteiger partial charge in [-0.25, -0.2) is 4.79 Å². The summed E-state index contributed by atoms with van der Waals surface area (Å²) in [5.41, 5.74) is 12.7. The normalized spacial score (nSPS) is 11.6. The van der Waals surface area contributed by atoms with E-state index in [1.807, 2.05) is 60.7 Å². The fourth-order valence-corrected chi connectivity index (χ4v) is 4.01. The van der Waals surface area contributed by atoms with Crippen molar-refractivity contribution in [3.05, 3.63) is 102 Å². The summed E-state index contributed by atoms with van der Waals surface area (Å²) in [6, 6.07) is 23.9. The number of aromatic hydroxyl groups is 1. The first-order valence-corrected chi connectivity index (χ1v) is 11.3. The molecule has 3 rings (SSSR count). The predicted molar refractivity (Wildman–Crippen MR) is 135 cm³/mol. The fraction of sp³-hybridized carbons (Fsp3) is 0.222. The number of nitrogens with two attached hydrogens (primary N) is 2. The van der Waals surface area contributed by atoms with Crippen molar-refractivity contribution >= 4 is 17.8 Å². The maximum atomic E-state index is 14.2. The molecule has 182 valence electrons. The average molecular weight is 475 g/mol. The molecular formula is C27H30N4O4. The zero-order chi connectivity index (χ0) is 25.2. The van der Waals surface area contributed by atoms with E-state index < -0.39 is 17.9 Å². The SMILES string of the molecule is NC(N)=NCCC[C@H](C(=O)O)N(Cc1ccccc1O)C(=O)C(c1ccccc1)c1ccccc1. The van der Waals surface area contributed by atoms with Crippen LogP contribution in [0.25, 0.3) is 0 Å². The van der Waals surface area contributed by atoms with E-state index in [-0.39, 0.29) is 37.1 Å². The lowest BCUT2D eigenvalue weighted by Gasteiger charge is -2.33. The van der Waals surface area contributed by atoms with E-state index in [4.69, 9.17) is 11.5 Å². The molecule has 0 aliphatic carbocycles. The minimum absolute atomic E-state index is 0.00841. The van der Waals surface area contributed by atoms with Gasteiger partial charge in [-0.3, -0.25) is 9.79 Å². The Hall–Kier alpha value is -4.33. The number of carbonyl (C=O) groups is 2. The minimum Gasteiger partial charge on any atom is -0.508 e. The molecule has 3 aromatic carbocycles. The fourth-order valence-electron chi connectivity index (χ4n) is 4.01. The van der Waals surface area contributed by atoms with E-state index in [1.54, 1.807) is 18.2 Å². The highest BCUT2D eigenvalue weighted by atomic mass is 16.4. The van der Waals surface area contributed by atoms with Gasteiger partial charge in [-0.05, 0) is 30.0 Å². The lowest BCUT2D eigenvalue weighted by atomic mass is 9.89. The third-order valence-electron chi connectivity index (χ3n) is 5.72. The molecule has 0 fully saturated rings. The minimum atomic E-state index is -1.15. The Bertz CT molecular complexity index is 1110. The molecule has 0 saturated heterocycles. The summed E-state index contributed by atoms with van der Waals surface area (Å²) in [7, 11) is 0. The number of carbonyl (C=O) groups excluding carboxylic acids is 1. The van der Waals surface area contributed by atoms with Crippen LogP contribution in [0.3, 0.4) is 0 Å². The second-order valence-corrected chi connectivity index (χ2v) is 8.15. The Morgan fingerprint density at radius 2 is 1.40 bits per heavy atom. The maximum absolute atomic E-state index is 14.2. The van der Waals surface area contributed by atoms with Crippen LogP contribution in [0.2, 0.25) is 0 Å². The lowest BCUT2D eigenvalue weighted by molar-refractivity contribution is -0.151. The molecule has 1 amide bonds. The molecule has 0 saturated carbocycles. The Kier molecular flexibility index (Phi) is 8.83. The third kappa shape index (κ3) is 6.83. The first-order valence-electron chi connectivity index (χ1n) is 11.3. The number of phenols is 1. The number of benzene rings is 3. The summed E-state index contributed by atoms with van der Waals surface area (Å²) in [5.74, 6) is -2.32. The molecule has 6 N–H and O–H groups in total. The van der Waals surface area contributed by atoms with Gasteiger partial charge in [0.1, 0.15) is 11.8 Å². The van der Waals surface area contributed by atoms with E-state index in [2.05, 4.69) is 4.99 Å². The topological polar surface area (TPSA) is 142 Å². The maximum Gasteiger partial charge on any atom is 0.326 e. The average Bonchev–Trinajstić information content (AvgIpc) is 2.85. The van der Waals surface area contributed by atoms with Crippen LogP contribution in [-0.2, 0) is 16.1 Å². The molecule has 3 aromatic rings. The number of aliphatic imine (C=N–C) groups is 1. The van der Waals surface area contributed by atoms with Crippen molar-refractivity contribution < 1.29 is 19.8 Å². The summed E-state index contributed by atoms with van der Waals surface area (Å²) < 4.78 is 0. The first kappa shape index (κ1) is 25.3. The molecule has 0 bridgehead atoms. The quantitative estimate of drug-likeness (QED) is 0.191. The molecule has 0 spiro atoms. The van der Waals surface area contributed by atoms with Crippen LogP contribution in [0, 0.1) is 0 Å². The van der Waals surface area contributed by atoms with Crippen molar-refractivity contribution in [1.82, 2.24) is 4.90 Å². The lowest BCUT2D eigenvalue weighted by Crippen LogP contribution is -2.47. The van der Waals surface area contributed by atoms with Crippen molar-refractivity contribution in [3.8, 4) is 5.75 Å². The Morgan fingerprint density at radius 3 is 1.91 bits per heavy atom. The zero-order valence-corrected chi connectivity index (χ0v) is 19.3. The van der Waals surface area contributed by atoms with Crippen molar-refractivity contribution in [2.75, 3.05) is 6.54 Å². The van der Waals surface area contributed by atoms with Gasteiger partial charge in [0.2, 0.25) is 5.91 Å². The number of carboxylic acid groups (broad SMARTS) is 1. The number of para-hydroxylation sites is 1. The molecule has 0 unspecified atom stereocenters. The third-order valence-corrected chi connectivity index (χ3v) is 5.72. The van der Waals surface area contributed by atoms with Gasteiger partial charge in [-0.1, -0.05) is 78.9 Å². The summed E-state index contributed by atoms with van der Waals surface area (Å²) in [6.45, 7) is 0.173. The summed E-state index contributed by atoms with van der Waals surface area (Å²) in [6.07, 6.45) is 0.502. The van der Waals surface area contributed by atoms with E-state index in [0.29, 0.717) is 12.0 Å². The van der Waals surface area contributed by atoms with Crippen LogP contribution in [-0.4, -0.2) is 45.5 Å². The van der Waals surface area contributed by atoms with Gasteiger partial charge in [0.25, 0.3) is 0 Å². The van der Waals surface area contributed by atoms with Gasteiger partial charge in [0.05, 0.1) is 12.5 Å². The number of nitrogens with zero attached hydrogens (tertiary/aromatic N) is 2. The zero-order valence-electron chi connectivity index (χ0n) is 19.3. The van der Waals surface area contributed by atoms with Gasteiger partial charge in [0, 0.05) is 12.1 Å². The smallest absolute Gasteiger partial charge is 0.326 e. The van der Waals surface area contributed by atoms with E-state index in [9.17, 15) is 19.8 Å². The van der Waals surface area contributed by atoms with Crippen LogP contribution in [0.4, 0.5) is 0 Å². The summed E-state index contributed by atoms with van der Waals surface area (Å²) in [5, 5.41) is 20.5. The number of aliphatic carboxylic acids is 1. The number of hydrogen-bond donors (Lipinski definition) is 4. The highest BCUT2D eigenvalue weighted by Crippen LogP contribution is 2.30. The van der Waals surface area contributed by atoms with Crippen molar-refractivity contribution in [1.29, 1.82) is 0 Å². The Balaban J connectivity index is 2.04. The molecular weight excluding hydrogens is 444 g/mol. The van der Waals surface area contributed by atoms with Crippen LogP contribution >= 0.6 is 0 Å². The highest BCUT2D eigenvalue weighted by molar-refractivity contribution is 5.90. The molecule has 0 heterocycles. The number of phenolic OH excluding ortho intramolecular Hbond substituents is 1. The number of guanidine groups is 1. The van der Waals surface area contributed by atoms with Crippen LogP contribution in [0.15, 0.2) is 89.9 Å². The van der Waals surface area contributed by atoms with E-state index in [1.165, 1.54) is 11.0 Å². The predicted octanol–water partition coefficient (Wildman–Crippen LogP) is 3.06. The van der Waals surface area contributed by atoms with Crippen molar-refractivity contribution in [3.63, 3.8) is 0 Å². The van der Waals surface area contributed by atoms with Crippen LogP contribution in [0.1, 0.15) is 35.4 Å². The first-order chi connectivity index (χ1) is 16.9. The molecule has 0 aliphatic heterocycles. The number of amides is 1. The molecule has 0 aromatic heterocycles. The standard InChI is InChI=1S/C27H30N4O4/c28-27(29)30-17-9-15-22(26(34)35)31(18-21-14-7-8-16-23(21)32)25(33)24(19-10-3-1-4-11-19)20-12-5-2-6-13-20/h1-8,10-14,16,22,24,32H,9,15,17-18H2,(H,34,35)(H4,28,29,30)/t22-/m1/s1. The van der Waals surface area contributed by atoms with Gasteiger partial charge >= 0.3 is 5.97 Å². The van der Waals surface area contributed by atoms with Gasteiger partial charge in [-0.15, -0.1) is 0 Å². The van der Waals surface area contributed by atoms with Crippen LogP contribution in [0.5, 0.6) is 5.75 Å². The summed E-state index contributed by atoms with van der Waals surface area (Å²) >= 11 is 0. The molecule has 8 heteroatoms. The second-order valence-electron chi connectivity index (χ2n) is 8.15. The highest BCUT2D eigenvalue weighted by Gasteiger charge is 2.35. The van der Waals surface area contributed by atoms with Crippen molar-refractivity contribution in [2.45, 2.75) is 31.3 Å². The number of carboxylic acids is 1. The van der Waals surface area contributed by atoms with Gasteiger partial charge in [-0.2, -0.15) is 0 Å². The monoisotopic (exact) mass is 474 g/mol. The van der Waals surface area contributed by atoms with Gasteiger partial charge in [0.15, 0.2) is 5.96 Å². The number of rotatable bonds is 11. The van der Waals surface area contributed by atoms with E-state index >= 15 is 0 Å². The van der Waals surface area contributed by atoms with E-state index in [0.717, 1.165) is 11.1 Å². The second kappa shape index (κ2) is 12.2. The molecule has 1 atom stereocenters. The molecule has 35 heavy (non-hydrogen) atoms. The number of hydrogen-bond acceptors (Lipinski definition) is 4. The van der Waals surface area contributed by atoms with Crippen LogP contribution < -0.4 is 11.5 Å². The molecule has 0 aliphatic rings. The van der Waals surface area contributed by atoms with Gasteiger partial charge < -0.3 is 26.6 Å². The molecule has 0 radical (unpaired) electrons. The largest absolute Gasteiger partial charge is 0.508 e. The molecule has 8 nitrogen and oxygen atoms in total.